The van der Waals surface area contributed by atoms with Crippen molar-refractivity contribution in [2.75, 3.05) is 49.7 Å². The quantitative estimate of drug-likeness (QED) is 0.233. The molecule has 3 atom stereocenters. The van der Waals surface area contributed by atoms with Crippen molar-refractivity contribution in [1.82, 2.24) is 29.8 Å². The number of hydrogen-bond donors (Lipinski definition) is 2. The number of nitrogen functional groups attached to an aromatic ring is 2. The van der Waals surface area contributed by atoms with Gasteiger partial charge in [0.25, 0.3) is 0 Å². The number of halogens is 5. The van der Waals surface area contributed by atoms with Crippen LogP contribution in [0.5, 0.6) is 11.9 Å². The summed E-state index contributed by atoms with van der Waals surface area (Å²) in [5.74, 6) is -0.972. The van der Waals surface area contributed by atoms with Crippen molar-refractivity contribution in [3.05, 3.63) is 47.0 Å². The molecule has 3 unspecified atom stereocenters. The van der Waals surface area contributed by atoms with E-state index in [1.54, 1.807) is 23.2 Å². The van der Waals surface area contributed by atoms with Crippen LogP contribution in [0.4, 0.5) is 39.4 Å². The van der Waals surface area contributed by atoms with Crippen LogP contribution in [0.15, 0.2) is 24.4 Å². The van der Waals surface area contributed by atoms with Crippen LogP contribution < -0.4 is 25.8 Å². The third-order valence-electron chi connectivity index (χ3n) is 8.75. The second-order valence-electron chi connectivity index (χ2n) is 11.7. The van der Waals surface area contributed by atoms with Gasteiger partial charge in [-0.05, 0) is 51.8 Å². The lowest BCUT2D eigenvalue weighted by Gasteiger charge is -2.30. The Morgan fingerprint density at radius 1 is 1.10 bits per heavy atom. The molecule has 16 heteroatoms. The zero-order chi connectivity index (χ0) is 35.6. The van der Waals surface area contributed by atoms with E-state index in [1.165, 1.54) is 20.0 Å². The second kappa shape index (κ2) is 14.5. The molecule has 3 aliphatic rings. The fourth-order valence-corrected chi connectivity index (χ4v) is 6.63. The number of aryl methyl sites for hydroxylation is 1. The molecule has 3 aliphatic heterocycles. The lowest BCUT2D eigenvalue weighted by atomic mass is 10.0. The molecule has 0 radical (unpaired) electrons. The van der Waals surface area contributed by atoms with Gasteiger partial charge in [0.1, 0.15) is 46.8 Å². The maximum atomic E-state index is 16.1. The van der Waals surface area contributed by atoms with E-state index in [0.29, 0.717) is 24.0 Å². The highest BCUT2D eigenvalue weighted by atomic mass is 19.4. The van der Waals surface area contributed by atoms with Gasteiger partial charge < -0.3 is 25.8 Å². The van der Waals surface area contributed by atoms with Crippen LogP contribution >= 0.6 is 0 Å². The van der Waals surface area contributed by atoms with Gasteiger partial charge in [0.2, 0.25) is 5.88 Å². The Labute approximate surface area is 280 Å². The van der Waals surface area contributed by atoms with Crippen molar-refractivity contribution in [2.45, 2.75) is 71.4 Å². The van der Waals surface area contributed by atoms with Crippen LogP contribution in [-0.4, -0.2) is 75.4 Å². The van der Waals surface area contributed by atoms with Crippen molar-refractivity contribution in [3.63, 3.8) is 0 Å². The number of alkyl halides is 4. The summed E-state index contributed by atoms with van der Waals surface area (Å²) in [6, 6.07) is 4.47. The topological polar surface area (TPSA) is 141 Å². The van der Waals surface area contributed by atoms with E-state index in [0.717, 1.165) is 26.0 Å². The summed E-state index contributed by atoms with van der Waals surface area (Å²) >= 11 is 0. The number of fused-ring (bicyclic) bond motifs is 1. The number of nitrogens with two attached hydrogens (primary N) is 2. The van der Waals surface area contributed by atoms with E-state index in [1.807, 2.05) is 20.8 Å². The van der Waals surface area contributed by atoms with Crippen LogP contribution in [-0.2, 0) is 6.18 Å². The van der Waals surface area contributed by atoms with Crippen LogP contribution in [0.1, 0.15) is 62.9 Å². The summed E-state index contributed by atoms with van der Waals surface area (Å²) in [7, 11) is 1.30. The fraction of sp³-hybridized carbons (Fsp3) is 0.485. The fourth-order valence-electron chi connectivity index (χ4n) is 6.63. The van der Waals surface area contributed by atoms with Gasteiger partial charge in [0.15, 0.2) is 5.82 Å². The van der Waals surface area contributed by atoms with E-state index in [4.69, 9.17) is 20.9 Å². The molecule has 2 saturated heterocycles. The van der Waals surface area contributed by atoms with E-state index < -0.39 is 46.7 Å². The first-order chi connectivity index (χ1) is 23.4. The standard InChI is InChI=1S/C24H22F4N8O2.C7H12FN.C2H6/c1-10-16(24(26,27)28)13(9-14(29)32-10)18-17(25)19-15-21(35-23(34-19)37-3)36(7-8-38-22(15)33-18)11(2)12-5-4-6-31-20(12)30;8-6-4-7-2-1-3-9(7)5-6;1-2/h4-6,9,11H,7-8H2,1-3H3,(H2,29,32)(H2,30,31);6-7H,1-5H2;1-2H3. The molecule has 2 fully saturated rings. The van der Waals surface area contributed by atoms with Gasteiger partial charge in [-0.3, -0.25) is 4.90 Å². The summed E-state index contributed by atoms with van der Waals surface area (Å²) in [6.07, 6.45) is -0.488. The predicted molar refractivity (Wildman–Crippen MR) is 177 cm³/mol. The second-order valence-corrected chi connectivity index (χ2v) is 11.7. The van der Waals surface area contributed by atoms with Gasteiger partial charge in [-0.1, -0.05) is 19.9 Å². The number of hydrogen-bond acceptors (Lipinski definition) is 11. The Morgan fingerprint density at radius 3 is 2.53 bits per heavy atom. The molecule has 0 aliphatic carbocycles. The van der Waals surface area contributed by atoms with Crippen LogP contribution in [0.25, 0.3) is 22.2 Å². The van der Waals surface area contributed by atoms with Crippen molar-refractivity contribution >= 4 is 28.4 Å². The van der Waals surface area contributed by atoms with Gasteiger partial charge in [0.05, 0.1) is 31.0 Å². The van der Waals surface area contributed by atoms with E-state index >= 15 is 4.39 Å². The Balaban J connectivity index is 0.000000361. The molecule has 7 heterocycles. The normalized spacial score (nSPS) is 19.2. The minimum Gasteiger partial charge on any atom is -0.475 e. The molecule has 11 nitrogen and oxygen atoms in total. The number of pyridine rings is 3. The summed E-state index contributed by atoms with van der Waals surface area (Å²) < 4.78 is 81.8. The Bertz CT molecular complexity index is 1800. The minimum atomic E-state index is -4.86. The van der Waals surface area contributed by atoms with Gasteiger partial charge in [-0.25, -0.2) is 23.7 Å². The molecule has 4 aromatic rings. The maximum Gasteiger partial charge on any atom is 0.418 e. The molecule has 4 aromatic heterocycles. The third kappa shape index (κ3) is 7.09. The minimum absolute atomic E-state index is 0.0556. The number of anilines is 3. The summed E-state index contributed by atoms with van der Waals surface area (Å²) in [5, 5.41) is 0.0752. The molecule has 49 heavy (non-hydrogen) atoms. The van der Waals surface area contributed by atoms with Crippen LogP contribution in [0.2, 0.25) is 0 Å². The molecule has 0 saturated carbocycles. The van der Waals surface area contributed by atoms with Crippen molar-refractivity contribution in [3.8, 4) is 23.1 Å². The smallest absolute Gasteiger partial charge is 0.418 e. The summed E-state index contributed by atoms with van der Waals surface area (Å²) in [5.41, 5.74) is 9.38. The highest BCUT2D eigenvalue weighted by molar-refractivity contribution is 5.97. The number of rotatable bonds is 4. The average Bonchev–Trinajstić information content (AvgIpc) is 3.59. The van der Waals surface area contributed by atoms with E-state index in [9.17, 15) is 17.6 Å². The van der Waals surface area contributed by atoms with Crippen LogP contribution in [0, 0.1) is 12.7 Å². The number of aromatic nitrogens is 5. The molecule has 4 N–H and O–H groups in total. The highest BCUT2D eigenvalue weighted by Gasteiger charge is 2.39. The molecule has 264 valence electrons. The van der Waals surface area contributed by atoms with Crippen LogP contribution in [0.3, 0.4) is 0 Å². The first-order valence-corrected chi connectivity index (χ1v) is 16.1. The zero-order valence-corrected chi connectivity index (χ0v) is 28.0. The van der Waals surface area contributed by atoms with Gasteiger partial charge in [-0.15, -0.1) is 0 Å². The summed E-state index contributed by atoms with van der Waals surface area (Å²) in [6.45, 7) is 9.16. The molecule has 0 bridgehead atoms. The first-order valence-electron chi connectivity index (χ1n) is 16.1. The third-order valence-corrected chi connectivity index (χ3v) is 8.75. The number of ether oxygens (including phenoxy) is 2. The lowest BCUT2D eigenvalue weighted by molar-refractivity contribution is -0.137. The lowest BCUT2D eigenvalue weighted by Crippen LogP contribution is -2.31. The Kier molecular flexibility index (Phi) is 10.6. The Hall–Kier alpha value is -4.60. The highest BCUT2D eigenvalue weighted by Crippen LogP contribution is 2.45. The average molecular weight is 690 g/mol. The van der Waals surface area contributed by atoms with E-state index in [2.05, 4.69) is 29.8 Å². The number of methoxy groups -OCH3 is 1. The predicted octanol–water partition coefficient (Wildman–Crippen LogP) is 6.30. The summed E-state index contributed by atoms with van der Waals surface area (Å²) in [4.78, 5) is 24.7. The molecule has 0 spiro atoms. The maximum absolute atomic E-state index is 16.1. The van der Waals surface area contributed by atoms with Crippen molar-refractivity contribution in [2.24, 2.45) is 0 Å². The van der Waals surface area contributed by atoms with Gasteiger partial charge >= 0.3 is 12.2 Å². The SMILES string of the molecule is CC.COc1nc2c3c(nc(-c4cc(N)nc(C)c4C(F)(F)F)c(F)c3n1)OCCN2C(C)c1cccnc1N.FC1CC2CCCN2C1. The van der Waals surface area contributed by atoms with Crippen molar-refractivity contribution in [1.29, 1.82) is 0 Å². The molecular weight excluding hydrogens is 649 g/mol. The van der Waals surface area contributed by atoms with E-state index in [-0.39, 0.29) is 47.6 Å². The largest absolute Gasteiger partial charge is 0.475 e. The van der Waals surface area contributed by atoms with Gasteiger partial charge in [0, 0.05) is 29.9 Å². The molecule has 0 amide bonds. The first kappa shape index (κ1) is 35.7. The molecule has 0 aromatic carbocycles. The number of nitrogens with zero attached hydrogens (tertiary/aromatic N) is 7. The molecule has 7 rings (SSSR count). The molecular formula is C33H40F5N9O2. The Morgan fingerprint density at radius 2 is 1.86 bits per heavy atom. The van der Waals surface area contributed by atoms with Crippen molar-refractivity contribution < 1.29 is 31.4 Å². The zero-order valence-electron chi connectivity index (χ0n) is 28.0. The monoisotopic (exact) mass is 689 g/mol. The van der Waals surface area contributed by atoms with Gasteiger partial charge in [-0.2, -0.15) is 23.1 Å².